The van der Waals surface area contributed by atoms with Gasteiger partial charge in [-0.2, -0.15) is 0 Å². The predicted octanol–water partition coefficient (Wildman–Crippen LogP) is 3.74. The van der Waals surface area contributed by atoms with Crippen LogP contribution in [0.1, 0.15) is 19.3 Å². The zero-order valence-electron chi connectivity index (χ0n) is 10.9. The SMILES string of the molecule is C1=c2c(c3ccccc3c3ccccc23)=CCCC1. The van der Waals surface area contributed by atoms with Gasteiger partial charge in [0.1, 0.15) is 0 Å². The van der Waals surface area contributed by atoms with Gasteiger partial charge in [-0.3, -0.25) is 0 Å². The van der Waals surface area contributed by atoms with Crippen molar-refractivity contribution < 1.29 is 0 Å². The molecule has 1 aliphatic carbocycles. The Kier molecular flexibility index (Phi) is 2.41. The lowest BCUT2D eigenvalue weighted by Crippen LogP contribution is -2.25. The fraction of sp³-hybridized carbons (Fsp3) is 0.158. The molecule has 3 aromatic carbocycles. The lowest BCUT2D eigenvalue weighted by Gasteiger charge is -2.06. The molecule has 0 unspecified atom stereocenters. The average Bonchev–Trinajstić information content (AvgIpc) is 2.73. The summed E-state index contributed by atoms with van der Waals surface area (Å²) < 4.78 is 0. The van der Waals surface area contributed by atoms with Crippen LogP contribution in [0.4, 0.5) is 0 Å². The first-order chi connectivity index (χ1) is 9.45. The lowest BCUT2D eigenvalue weighted by molar-refractivity contribution is 0.925. The highest BCUT2D eigenvalue weighted by atomic mass is 14.1. The second-order valence-corrected chi connectivity index (χ2v) is 5.26. The normalized spacial score (nSPS) is 14.5. The van der Waals surface area contributed by atoms with Gasteiger partial charge in [0.2, 0.25) is 0 Å². The van der Waals surface area contributed by atoms with Crippen molar-refractivity contribution in [1.29, 1.82) is 0 Å². The van der Waals surface area contributed by atoms with E-state index in [1.54, 1.807) is 0 Å². The first kappa shape index (κ1) is 10.8. The van der Waals surface area contributed by atoms with Crippen molar-refractivity contribution in [2.24, 2.45) is 0 Å². The van der Waals surface area contributed by atoms with Crippen molar-refractivity contribution in [3.8, 4) is 0 Å². The highest BCUT2D eigenvalue weighted by Crippen LogP contribution is 2.20. The monoisotopic (exact) mass is 244 g/mol. The predicted molar refractivity (Wildman–Crippen MR) is 83.5 cm³/mol. The highest BCUT2D eigenvalue weighted by molar-refractivity contribution is 6.08. The van der Waals surface area contributed by atoms with Crippen LogP contribution in [0.2, 0.25) is 0 Å². The van der Waals surface area contributed by atoms with E-state index in [-0.39, 0.29) is 0 Å². The summed E-state index contributed by atoms with van der Waals surface area (Å²) in [6.45, 7) is 0. The van der Waals surface area contributed by atoms with E-state index >= 15 is 0 Å². The molecule has 0 amide bonds. The van der Waals surface area contributed by atoms with Crippen molar-refractivity contribution in [3.63, 3.8) is 0 Å². The van der Waals surface area contributed by atoms with Gasteiger partial charge in [-0.25, -0.2) is 0 Å². The Labute approximate surface area is 112 Å². The van der Waals surface area contributed by atoms with Crippen LogP contribution in [0, 0.1) is 0 Å². The average molecular weight is 244 g/mol. The summed E-state index contributed by atoms with van der Waals surface area (Å²) in [5.41, 5.74) is 0. The Morgan fingerprint density at radius 2 is 0.947 bits per heavy atom. The van der Waals surface area contributed by atoms with Crippen LogP contribution in [0.25, 0.3) is 33.7 Å². The van der Waals surface area contributed by atoms with E-state index in [1.807, 2.05) is 0 Å². The summed E-state index contributed by atoms with van der Waals surface area (Å²) in [6, 6.07) is 17.6. The molecule has 0 radical (unpaired) electrons. The van der Waals surface area contributed by atoms with Crippen molar-refractivity contribution >= 4 is 33.7 Å². The van der Waals surface area contributed by atoms with E-state index in [1.165, 1.54) is 51.2 Å². The third-order valence-electron chi connectivity index (χ3n) is 4.12. The minimum atomic E-state index is 1.19. The number of hydrogen-bond donors (Lipinski definition) is 0. The quantitative estimate of drug-likeness (QED) is 0.528. The zero-order chi connectivity index (χ0) is 12.7. The molecular weight excluding hydrogens is 228 g/mol. The number of fused-ring (bicyclic) bond motifs is 6. The summed E-state index contributed by atoms with van der Waals surface area (Å²) >= 11 is 0. The second-order valence-electron chi connectivity index (χ2n) is 5.26. The minimum absolute atomic E-state index is 1.19. The molecule has 0 aliphatic heterocycles. The fourth-order valence-electron chi connectivity index (χ4n) is 3.25. The van der Waals surface area contributed by atoms with E-state index in [4.69, 9.17) is 0 Å². The van der Waals surface area contributed by atoms with Crippen LogP contribution in [-0.2, 0) is 0 Å². The highest BCUT2D eigenvalue weighted by Gasteiger charge is 2.05. The summed E-state index contributed by atoms with van der Waals surface area (Å²) in [7, 11) is 0. The molecule has 0 heteroatoms. The summed E-state index contributed by atoms with van der Waals surface area (Å²) in [6.07, 6.45) is 8.48. The Hall–Kier alpha value is -2.08. The molecule has 92 valence electrons. The summed E-state index contributed by atoms with van der Waals surface area (Å²) in [5.74, 6) is 0. The molecule has 0 fully saturated rings. The van der Waals surface area contributed by atoms with Crippen molar-refractivity contribution in [2.75, 3.05) is 0 Å². The van der Waals surface area contributed by atoms with Gasteiger partial charge < -0.3 is 0 Å². The van der Waals surface area contributed by atoms with Crippen LogP contribution in [-0.4, -0.2) is 0 Å². The number of hydrogen-bond acceptors (Lipinski definition) is 0. The van der Waals surface area contributed by atoms with Crippen molar-refractivity contribution in [2.45, 2.75) is 19.3 Å². The minimum Gasteiger partial charge on any atom is -0.0760 e. The Morgan fingerprint density at radius 3 is 1.42 bits per heavy atom. The number of benzene rings is 3. The largest absolute Gasteiger partial charge is 0.0760 e. The van der Waals surface area contributed by atoms with Gasteiger partial charge in [-0.1, -0.05) is 60.7 Å². The maximum absolute atomic E-state index is 2.42. The molecule has 0 atom stereocenters. The summed E-state index contributed by atoms with van der Waals surface area (Å²) in [4.78, 5) is 0. The van der Waals surface area contributed by atoms with E-state index in [2.05, 4.69) is 60.7 Å². The van der Waals surface area contributed by atoms with Gasteiger partial charge >= 0.3 is 0 Å². The summed E-state index contributed by atoms with van der Waals surface area (Å²) in [5, 5.41) is 8.43. The molecule has 0 aromatic heterocycles. The van der Waals surface area contributed by atoms with Crippen molar-refractivity contribution in [1.82, 2.24) is 0 Å². The number of rotatable bonds is 0. The maximum Gasteiger partial charge on any atom is -0.00991 e. The molecule has 0 N–H and O–H groups in total. The molecule has 0 nitrogen and oxygen atoms in total. The second kappa shape index (κ2) is 4.24. The van der Waals surface area contributed by atoms with Crippen LogP contribution in [0.3, 0.4) is 0 Å². The van der Waals surface area contributed by atoms with Gasteiger partial charge in [0, 0.05) is 0 Å². The van der Waals surface area contributed by atoms with Crippen LogP contribution in [0.5, 0.6) is 0 Å². The van der Waals surface area contributed by atoms with Gasteiger partial charge in [-0.05, 0) is 51.2 Å². The first-order valence-electron chi connectivity index (χ1n) is 7.05. The smallest absolute Gasteiger partial charge is 0.00991 e. The van der Waals surface area contributed by atoms with E-state index < -0.39 is 0 Å². The third kappa shape index (κ3) is 1.60. The molecule has 0 bridgehead atoms. The molecule has 0 heterocycles. The Balaban J connectivity index is 2.42. The fourth-order valence-corrected chi connectivity index (χ4v) is 3.25. The molecule has 0 saturated carbocycles. The van der Waals surface area contributed by atoms with Crippen LogP contribution < -0.4 is 10.4 Å². The van der Waals surface area contributed by atoms with Gasteiger partial charge in [0.05, 0.1) is 0 Å². The standard InChI is InChI=1S/C19H16/c1-2-8-14-15(9-3-1)17-11-5-7-13-19(17)18-12-6-4-10-16(14)18/h4-13H,1-3H2. The molecule has 4 rings (SSSR count). The van der Waals surface area contributed by atoms with Gasteiger partial charge in [0.15, 0.2) is 0 Å². The molecule has 0 saturated heterocycles. The zero-order valence-corrected chi connectivity index (χ0v) is 10.9. The van der Waals surface area contributed by atoms with E-state index in [0.29, 0.717) is 0 Å². The molecule has 0 spiro atoms. The lowest BCUT2D eigenvalue weighted by atomic mass is 9.97. The Morgan fingerprint density at radius 1 is 0.526 bits per heavy atom. The van der Waals surface area contributed by atoms with Crippen LogP contribution >= 0.6 is 0 Å². The maximum atomic E-state index is 2.42. The first-order valence-corrected chi connectivity index (χ1v) is 7.05. The molecule has 19 heavy (non-hydrogen) atoms. The van der Waals surface area contributed by atoms with Crippen LogP contribution in [0.15, 0.2) is 48.5 Å². The van der Waals surface area contributed by atoms with Gasteiger partial charge in [0.25, 0.3) is 0 Å². The van der Waals surface area contributed by atoms with Crippen molar-refractivity contribution in [3.05, 3.63) is 59.0 Å². The third-order valence-corrected chi connectivity index (χ3v) is 4.12. The molecule has 3 aromatic rings. The molecular formula is C19H16. The van der Waals surface area contributed by atoms with E-state index in [0.717, 1.165) is 0 Å². The van der Waals surface area contributed by atoms with E-state index in [9.17, 15) is 0 Å². The van der Waals surface area contributed by atoms with Gasteiger partial charge in [-0.15, -0.1) is 0 Å². The molecule has 1 aliphatic rings. The topological polar surface area (TPSA) is 0 Å². The Bertz CT molecular complexity index is 810.